The van der Waals surface area contributed by atoms with Gasteiger partial charge in [-0.15, -0.1) is 0 Å². The van der Waals surface area contributed by atoms with Gasteiger partial charge in [-0.05, 0) is 79.1 Å². The summed E-state index contributed by atoms with van der Waals surface area (Å²) in [6.45, 7) is 8.99. The first-order valence-electron chi connectivity index (χ1n) is 11.7. The molecule has 186 valence electrons. The smallest absolute Gasteiger partial charge is 0.223 e. The van der Waals surface area contributed by atoms with Gasteiger partial charge in [0.1, 0.15) is 5.75 Å². The number of sulfonamides is 1. The monoisotopic (exact) mass is 550 g/mol. The minimum absolute atomic E-state index is 0.0159. The van der Waals surface area contributed by atoms with Crippen molar-refractivity contribution in [1.82, 2.24) is 9.62 Å². The van der Waals surface area contributed by atoms with Crippen LogP contribution in [0.1, 0.15) is 67.8 Å². The lowest BCUT2D eigenvalue weighted by atomic mass is 9.92. The van der Waals surface area contributed by atoms with Crippen LogP contribution in [-0.4, -0.2) is 38.8 Å². The van der Waals surface area contributed by atoms with E-state index in [1.54, 1.807) is 7.11 Å². The molecule has 0 radical (unpaired) electrons. The van der Waals surface area contributed by atoms with E-state index in [4.69, 9.17) is 4.74 Å². The lowest BCUT2D eigenvalue weighted by molar-refractivity contribution is -0.126. The van der Waals surface area contributed by atoms with Crippen LogP contribution in [0.25, 0.3) is 0 Å². The summed E-state index contributed by atoms with van der Waals surface area (Å²) in [5, 5.41) is 3.16. The van der Waals surface area contributed by atoms with Gasteiger partial charge in [-0.25, -0.2) is 12.7 Å². The fourth-order valence-corrected chi connectivity index (χ4v) is 6.54. The summed E-state index contributed by atoms with van der Waals surface area (Å²) in [6, 6.07) is 11.4. The average Bonchev–Trinajstić information content (AvgIpc) is 2.78. The highest BCUT2D eigenvalue weighted by atomic mass is 79.9. The third-order valence-electron chi connectivity index (χ3n) is 6.52. The molecule has 0 aliphatic carbocycles. The molecule has 34 heavy (non-hydrogen) atoms. The number of carbonyl (C=O) groups excluding carboxylic acids is 1. The molecule has 1 N–H and O–H groups in total. The predicted molar refractivity (Wildman–Crippen MR) is 139 cm³/mol. The average molecular weight is 552 g/mol. The summed E-state index contributed by atoms with van der Waals surface area (Å²) < 4.78 is 33.7. The van der Waals surface area contributed by atoms with Crippen LogP contribution in [0.15, 0.2) is 40.9 Å². The van der Waals surface area contributed by atoms with Crippen LogP contribution in [0.3, 0.4) is 0 Å². The van der Waals surface area contributed by atoms with Crippen molar-refractivity contribution in [3.05, 3.63) is 63.1 Å². The van der Waals surface area contributed by atoms with Crippen molar-refractivity contribution in [1.29, 1.82) is 0 Å². The van der Waals surface area contributed by atoms with Gasteiger partial charge in [0.15, 0.2) is 0 Å². The van der Waals surface area contributed by atoms with Crippen LogP contribution >= 0.6 is 15.9 Å². The van der Waals surface area contributed by atoms with Crippen molar-refractivity contribution < 1.29 is 17.9 Å². The number of piperidine rings is 1. The molecule has 1 atom stereocenters. The molecule has 2 aromatic rings. The lowest BCUT2D eigenvalue weighted by Gasteiger charge is -2.31. The minimum atomic E-state index is -3.42. The van der Waals surface area contributed by atoms with Crippen LogP contribution < -0.4 is 10.1 Å². The number of nitrogens with one attached hydrogen (secondary N) is 1. The van der Waals surface area contributed by atoms with Gasteiger partial charge in [0.2, 0.25) is 15.9 Å². The second-order valence-corrected chi connectivity index (χ2v) is 12.3. The summed E-state index contributed by atoms with van der Waals surface area (Å²) in [5.41, 5.74) is 4.02. The zero-order chi connectivity index (χ0) is 25.0. The topological polar surface area (TPSA) is 75.7 Å². The summed E-state index contributed by atoms with van der Waals surface area (Å²) in [4.78, 5) is 13.0. The van der Waals surface area contributed by atoms with Crippen LogP contribution in [0.2, 0.25) is 0 Å². The van der Waals surface area contributed by atoms with Gasteiger partial charge in [-0.2, -0.15) is 0 Å². The molecule has 1 aliphatic heterocycles. The number of benzene rings is 2. The first-order chi connectivity index (χ1) is 16.0. The normalized spacial score (nSPS) is 16.4. The SMILES string of the molecule is COc1cc(C)c([C@H](C)NC(=O)C2CCN(S(=O)(=O)Cc3cccc(Br)c3)CC2)cc1C(C)C. The van der Waals surface area contributed by atoms with E-state index in [0.717, 1.165) is 32.5 Å². The standard InChI is InChI=1S/C26H35BrN2O4S/c1-17(2)23-15-24(18(3)13-25(23)33-5)19(4)28-26(30)21-9-11-29(12-10-21)34(31,32)16-20-7-6-8-22(27)14-20/h6-8,13-15,17,19,21H,9-12,16H2,1-5H3,(H,28,30)/t19-/m0/s1. The fraction of sp³-hybridized carbons (Fsp3) is 0.500. The molecule has 0 spiro atoms. The van der Waals surface area contributed by atoms with Gasteiger partial charge in [-0.3, -0.25) is 4.79 Å². The summed E-state index contributed by atoms with van der Waals surface area (Å²) in [6.07, 6.45) is 1.05. The van der Waals surface area contributed by atoms with E-state index in [1.807, 2.05) is 44.2 Å². The Kier molecular flexibility index (Phi) is 8.82. The van der Waals surface area contributed by atoms with Crippen LogP contribution in [0, 0.1) is 12.8 Å². The van der Waals surface area contributed by atoms with E-state index in [9.17, 15) is 13.2 Å². The second-order valence-electron chi connectivity index (χ2n) is 9.40. The number of halogens is 1. The second kappa shape index (κ2) is 11.2. The fourth-order valence-electron chi connectivity index (χ4n) is 4.54. The number of carbonyl (C=O) groups is 1. The highest BCUT2D eigenvalue weighted by molar-refractivity contribution is 9.10. The number of methoxy groups -OCH3 is 1. The predicted octanol–water partition coefficient (Wildman–Crippen LogP) is 5.31. The number of ether oxygens (including phenoxy) is 1. The van der Waals surface area contributed by atoms with E-state index >= 15 is 0 Å². The molecule has 1 fully saturated rings. The summed E-state index contributed by atoms with van der Waals surface area (Å²) in [7, 11) is -1.75. The lowest BCUT2D eigenvalue weighted by Crippen LogP contribution is -2.43. The van der Waals surface area contributed by atoms with Crippen molar-refractivity contribution in [3.8, 4) is 5.75 Å². The quantitative estimate of drug-likeness (QED) is 0.483. The molecule has 3 rings (SSSR count). The highest BCUT2D eigenvalue weighted by Gasteiger charge is 2.32. The molecule has 1 aliphatic rings. The van der Waals surface area contributed by atoms with E-state index in [1.165, 1.54) is 4.31 Å². The number of rotatable bonds is 8. The molecule has 1 heterocycles. The summed E-state index contributed by atoms with van der Waals surface area (Å²) >= 11 is 3.39. The zero-order valence-corrected chi connectivity index (χ0v) is 23.0. The van der Waals surface area contributed by atoms with Gasteiger partial charge < -0.3 is 10.1 Å². The Morgan fingerprint density at radius 2 is 1.82 bits per heavy atom. The Bertz CT molecular complexity index is 1130. The molecule has 0 unspecified atom stereocenters. The van der Waals surface area contributed by atoms with Gasteiger partial charge >= 0.3 is 0 Å². The highest BCUT2D eigenvalue weighted by Crippen LogP contribution is 2.32. The Labute approximate surface area is 212 Å². The van der Waals surface area contributed by atoms with Crippen LogP contribution in [0.5, 0.6) is 5.75 Å². The Morgan fingerprint density at radius 3 is 2.41 bits per heavy atom. The van der Waals surface area contributed by atoms with Gasteiger partial charge in [0, 0.05) is 23.5 Å². The number of hydrogen-bond donors (Lipinski definition) is 1. The number of amides is 1. The number of aryl methyl sites for hydroxylation is 1. The van der Waals surface area contributed by atoms with E-state index < -0.39 is 10.0 Å². The van der Waals surface area contributed by atoms with E-state index in [0.29, 0.717) is 31.8 Å². The number of nitrogens with zero attached hydrogens (tertiary/aromatic N) is 1. The Balaban J connectivity index is 1.61. The molecule has 0 bridgehead atoms. The van der Waals surface area contributed by atoms with E-state index in [2.05, 4.69) is 41.2 Å². The molecule has 0 aromatic heterocycles. The molecular formula is C26H35BrN2O4S. The third-order valence-corrected chi connectivity index (χ3v) is 8.87. The summed E-state index contributed by atoms with van der Waals surface area (Å²) in [5.74, 6) is 0.933. The molecule has 1 saturated heterocycles. The number of hydrogen-bond acceptors (Lipinski definition) is 4. The maximum Gasteiger partial charge on any atom is 0.223 e. The largest absolute Gasteiger partial charge is 0.496 e. The van der Waals surface area contributed by atoms with Crippen molar-refractivity contribution in [3.63, 3.8) is 0 Å². The van der Waals surface area contributed by atoms with Crippen LogP contribution in [-0.2, 0) is 20.6 Å². The molecule has 8 heteroatoms. The zero-order valence-electron chi connectivity index (χ0n) is 20.6. The van der Waals surface area contributed by atoms with Crippen molar-refractivity contribution in [2.75, 3.05) is 20.2 Å². The van der Waals surface area contributed by atoms with Gasteiger partial charge in [0.05, 0.1) is 18.9 Å². The van der Waals surface area contributed by atoms with Crippen LogP contribution in [0.4, 0.5) is 0 Å². The molecule has 0 saturated carbocycles. The molecule has 1 amide bonds. The molecular weight excluding hydrogens is 516 g/mol. The van der Waals surface area contributed by atoms with Crippen molar-refractivity contribution in [2.24, 2.45) is 5.92 Å². The van der Waals surface area contributed by atoms with Gasteiger partial charge in [-0.1, -0.05) is 41.9 Å². The Morgan fingerprint density at radius 1 is 1.15 bits per heavy atom. The molecule has 2 aromatic carbocycles. The first-order valence-corrected chi connectivity index (χ1v) is 14.1. The minimum Gasteiger partial charge on any atom is -0.496 e. The maximum absolute atomic E-state index is 13.0. The third kappa shape index (κ3) is 6.40. The maximum atomic E-state index is 13.0. The van der Waals surface area contributed by atoms with Crippen molar-refractivity contribution in [2.45, 2.75) is 58.2 Å². The first kappa shape index (κ1) is 26.7. The van der Waals surface area contributed by atoms with Gasteiger partial charge in [0.25, 0.3) is 0 Å². The molecule has 6 nitrogen and oxygen atoms in total. The van der Waals surface area contributed by atoms with E-state index in [-0.39, 0.29) is 23.6 Å². The Hall–Kier alpha value is -1.90. The van der Waals surface area contributed by atoms with Crippen molar-refractivity contribution >= 4 is 31.9 Å².